The molecule has 2 aromatic heterocycles. The molecule has 0 radical (unpaired) electrons. The average Bonchev–Trinajstić information content (AvgIpc) is 2.91. The second-order valence-electron chi connectivity index (χ2n) is 5.11. The number of halogens is 1. The first-order valence-electron chi connectivity index (χ1n) is 6.82. The molecule has 0 atom stereocenters. The maximum absolute atomic E-state index is 13.5. The van der Waals surface area contributed by atoms with Gasteiger partial charge in [-0.25, -0.2) is 4.98 Å². The lowest BCUT2D eigenvalue weighted by Gasteiger charge is -2.09. The molecule has 0 saturated heterocycles. The summed E-state index contributed by atoms with van der Waals surface area (Å²) >= 11 is 0. The number of aromatic amines is 1. The van der Waals surface area contributed by atoms with E-state index in [1.54, 1.807) is 26.0 Å². The number of pyridine rings is 1. The minimum absolute atomic E-state index is 0.231. The van der Waals surface area contributed by atoms with Crippen LogP contribution >= 0.6 is 0 Å². The number of H-pyrrole nitrogens is 1. The van der Waals surface area contributed by atoms with Crippen LogP contribution in [0.1, 0.15) is 27.2 Å². The zero-order valence-corrected chi connectivity index (χ0v) is 12.4. The van der Waals surface area contributed by atoms with Gasteiger partial charge in [0.1, 0.15) is 11.8 Å². The Kier molecular flexibility index (Phi) is 3.50. The third-order valence-corrected chi connectivity index (χ3v) is 3.75. The van der Waals surface area contributed by atoms with Crippen molar-refractivity contribution in [1.82, 2.24) is 15.2 Å². The molecule has 23 heavy (non-hydrogen) atoms. The zero-order valence-electron chi connectivity index (χ0n) is 12.4. The Morgan fingerprint density at radius 2 is 2.13 bits per heavy atom. The van der Waals surface area contributed by atoms with Gasteiger partial charge in [0.2, 0.25) is 5.95 Å². The van der Waals surface area contributed by atoms with Crippen molar-refractivity contribution in [2.24, 2.45) is 0 Å². The molecule has 0 aliphatic rings. The molecule has 0 bridgehead atoms. The summed E-state index contributed by atoms with van der Waals surface area (Å²) in [6, 6.07) is 6.80. The van der Waals surface area contributed by atoms with E-state index in [0.717, 1.165) is 0 Å². The predicted octanol–water partition coefficient (Wildman–Crippen LogP) is 2.84. The fourth-order valence-corrected chi connectivity index (χ4v) is 2.29. The molecule has 2 heterocycles. The molecule has 0 fully saturated rings. The van der Waals surface area contributed by atoms with E-state index in [4.69, 9.17) is 5.26 Å². The highest BCUT2D eigenvalue weighted by Crippen LogP contribution is 2.21. The lowest BCUT2D eigenvalue weighted by molar-refractivity contribution is 0.102. The zero-order chi connectivity index (χ0) is 16.6. The minimum atomic E-state index is -0.625. The number of nitrogens with zero attached hydrogens (tertiary/aromatic N) is 3. The molecule has 0 aliphatic carbocycles. The van der Waals surface area contributed by atoms with Crippen molar-refractivity contribution in [1.29, 1.82) is 5.26 Å². The molecule has 0 unspecified atom stereocenters. The number of hydrogen-bond acceptors (Lipinski definition) is 4. The Labute approximate surface area is 131 Å². The van der Waals surface area contributed by atoms with Crippen LogP contribution in [0.2, 0.25) is 0 Å². The highest BCUT2D eigenvalue weighted by atomic mass is 19.1. The molecule has 2 N–H and O–H groups in total. The van der Waals surface area contributed by atoms with Crippen molar-refractivity contribution in [3.63, 3.8) is 0 Å². The molecule has 1 aromatic carbocycles. The first-order valence-corrected chi connectivity index (χ1v) is 6.82. The molecule has 114 valence electrons. The summed E-state index contributed by atoms with van der Waals surface area (Å²) < 4.78 is 13.5. The topological polar surface area (TPSA) is 94.5 Å². The molecular formula is C16H12FN5O. The molecule has 1 amide bonds. The quantitative estimate of drug-likeness (QED) is 0.761. The van der Waals surface area contributed by atoms with Crippen LogP contribution in [0.4, 0.5) is 10.1 Å². The maximum atomic E-state index is 13.5. The number of nitrogens with one attached hydrogen (secondary N) is 2. The van der Waals surface area contributed by atoms with E-state index in [1.807, 2.05) is 6.07 Å². The average molecular weight is 309 g/mol. The van der Waals surface area contributed by atoms with E-state index in [9.17, 15) is 9.18 Å². The van der Waals surface area contributed by atoms with Crippen molar-refractivity contribution < 1.29 is 9.18 Å². The maximum Gasteiger partial charge on any atom is 0.274 e. The molecule has 0 spiro atoms. The number of hydrogen-bond donors (Lipinski definition) is 2. The molecule has 3 rings (SSSR count). The fraction of sp³-hybridized carbons (Fsp3) is 0.125. The van der Waals surface area contributed by atoms with Crippen LogP contribution in [0, 0.1) is 31.1 Å². The normalized spacial score (nSPS) is 10.5. The van der Waals surface area contributed by atoms with E-state index in [2.05, 4.69) is 20.5 Å². The van der Waals surface area contributed by atoms with Gasteiger partial charge in [0.05, 0.1) is 16.5 Å². The number of carbonyl (C=O) groups excluding carboxylic acids is 1. The van der Waals surface area contributed by atoms with Gasteiger partial charge >= 0.3 is 0 Å². The van der Waals surface area contributed by atoms with Gasteiger partial charge in [-0.1, -0.05) is 0 Å². The second kappa shape index (κ2) is 5.50. The van der Waals surface area contributed by atoms with Crippen LogP contribution in [0.5, 0.6) is 0 Å². The van der Waals surface area contributed by atoms with Gasteiger partial charge in [-0.15, -0.1) is 5.10 Å². The Balaban J connectivity index is 1.93. The number of rotatable bonds is 2. The van der Waals surface area contributed by atoms with Crippen LogP contribution in [0.15, 0.2) is 24.4 Å². The van der Waals surface area contributed by atoms with Gasteiger partial charge < -0.3 is 5.32 Å². The number of nitriles is 1. The number of fused-ring (bicyclic) bond motifs is 1. The molecule has 0 saturated carbocycles. The third-order valence-electron chi connectivity index (χ3n) is 3.75. The highest BCUT2D eigenvalue weighted by molar-refractivity contribution is 6.04. The van der Waals surface area contributed by atoms with Gasteiger partial charge in [0.15, 0.2) is 0 Å². The first kappa shape index (κ1) is 14.7. The lowest BCUT2D eigenvalue weighted by atomic mass is 10.0. The van der Waals surface area contributed by atoms with Crippen LogP contribution in [0.25, 0.3) is 10.9 Å². The molecule has 7 heteroatoms. The first-order chi connectivity index (χ1) is 11.0. The smallest absolute Gasteiger partial charge is 0.274 e. The Bertz CT molecular complexity index is 970. The van der Waals surface area contributed by atoms with Crippen LogP contribution < -0.4 is 5.32 Å². The summed E-state index contributed by atoms with van der Waals surface area (Å²) in [5.74, 6) is -1.04. The van der Waals surface area contributed by atoms with E-state index < -0.39 is 11.9 Å². The SMILES string of the molecule is Cc1c(C#N)cnc(C(=O)Nc2ccc3[nH]nc(F)c3c2)c1C. The van der Waals surface area contributed by atoms with Crippen molar-refractivity contribution >= 4 is 22.5 Å². The fourth-order valence-electron chi connectivity index (χ4n) is 2.29. The lowest BCUT2D eigenvalue weighted by Crippen LogP contribution is -2.16. The summed E-state index contributed by atoms with van der Waals surface area (Å²) in [6.07, 6.45) is 1.37. The van der Waals surface area contributed by atoms with Gasteiger partial charge in [-0.05, 0) is 43.2 Å². The van der Waals surface area contributed by atoms with E-state index in [-0.39, 0.29) is 5.69 Å². The monoisotopic (exact) mass is 309 g/mol. The van der Waals surface area contributed by atoms with E-state index in [0.29, 0.717) is 33.3 Å². The van der Waals surface area contributed by atoms with Crippen molar-refractivity contribution in [3.05, 3.63) is 52.7 Å². The van der Waals surface area contributed by atoms with Gasteiger partial charge in [0.25, 0.3) is 5.91 Å². The number of amides is 1. The Hall–Kier alpha value is -3.27. The van der Waals surface area contributed by atoms with Gasteiger partial charge in [-0.3, -0.25) is 9.89 Å². The van der Waals surface area contributed by atoms with Crippen LogP contribution in [-0.2, 0) is 0 Å². The largest absolute Gasteiger partial charge is 0.321 e. The third kappa shape index (κ3) is 2.51. The predicted molar refractivity (Wildman–Crippen MR) is 82.4 cm³/mol. The molecule has 6 nitrogen and oxygen atoms in total. The Morgan fingerprint density at radius 1 is 1.35 bits per heavy atom. The highest BCUT2D eigenvalue weighted by Gasteiger charge is 2.15. The number of aromatic nitrogens is 3. The summed E-state index contributed by atoms with van der Waals surface area (Å²) in [5.41, 5.74) is 2.99. The summed E-state index contributed by atoms with van der Waals surface area (Å²) in [7, 11) is 0. The molecule has 3 aromatic rings. The minimum Gasteiger partial charge on any atom is -0.321 e. The van der Waals surface area contributed by atoms with Crippen LogP contribution in [0.3, 0.4) is 0 Å². The van der Waals surface area contributed by atoms with Crippen molar-refractivity contribution in [3.8, 4) is 6.07 Å². The van der Waals surface area contributed by atoms with Crippen molar-refractivity contribution in [2.45, 2.75) is 13.8 Å². The molecule has 0 aliphatic heterocycles. The van der Waals surface area contributed by atoms with Gasteiger partial charge in [0, 0.05) is 11.9 Å². The van der Waals surface area contributed by atoms with E-state index in [1.165, 1.54) is 12.3 Å². The number of benzene rings is 1. The van der Waals surface area contributed by atoms with Crippen molar-refractivity contribution in [2.75, 3.05) is 5.32 Å². The summed E-state index contributed by atoms with van der Waals surface area (Å²) in [5, 5.41) is 18.0. The standard InChI is InChI=1S/C16H12FN5O/c1-8-9(2)14(19-7-10(8)6-18)16(23)20-11-3-4-13-12(5-11)15(17)22-21-13/h3-5,7H,1-2H3,(H,20,23)(H,21,22). The van der Waals surface area contributed by atoms with Crippen LogP contribution in [-0.4, -0.2) is 21.1 Å². The summed E-state index contributed by atoms with van der Waals surface area (Å²) in [6.45, 7) is 3.50. The number of carbonyl (C=O) groups is 1. The Morgan fingerprint density at radius 3 is 2.87 bits per heavy atom. The summed E-state index contributed by atoms with van der Waals surface area (Å²) in [4.78, 5) is 16.4. The number of anilines is 1. The second-order valence-corrected chi connectivity index (χ2v) is 5.11. The van der Waals surface area contributed by atoms with Gasteiger partial charge in [-0.2, -0.15) is 9.65 Å². The molecular weight excluding hydrogens is 297 g/mol. The van der Waals surface area contributed by atoms with E-state index >= 15 is 0 Å².